The van der Waals surface area contributed by atoms with Gasteiger partial charge in [0.05, 0.1) is 16.6 Å². The van der Waals surface area contributed by atoms with Crippen LogP contribution in [0, 0.1) is 5.82 Å². The van der Waals surface area contributed by atoms with Crippen molar-refractivity contribution in [2.75, 3.05) is 17.2 Å². The number of hydrogen-bond acceptors (Lipinski definition) is 2. The van der Waals surface area contributed by atoms with Crippen LogP contribution in [0.25, 0.3) is 0 Å². The quantitative estimate of drug-likeness (QED) is 0.831. The number of carbonyl (C=O) groups is 1. The number of carbonyl (C=O) groups excluding carboxylic acids is 1. The van der Waals surface area contributed by atoms with E-state index in [-0.39, 0.29) is 22.5 Å². The monoisotopic (exact) mass is 312 g/mol. The number of rotatable bonds is 4. The van der Waals surface area contributed by atoms with Crippen LogP contribution in [0.1, 0.15) is 0 Å². The zero-order chi connectivity index (χ0) is 14.5. The van der Waals surface area contributed by atoms with Gasteiger partial charge in [-0.15, -0.1) is 0 Å². The lowest BCUT2D eigenvalue weighted by atomic mass is 10.3. The van der Waals surface area contributed by atoms with Gasteiger partial charge in [-0.3, -0.25) is 4.79 Å². The molecule has 2 N–H and O–H groups in total. The first-order chi connectivity index (χ1) is 9.56. The first-order valence-corrected chi connectivity index (χ1v) is 6.55. The molecule has 0 saturated heterocycles. The van der Waals surface area contributed by atoms with Crippen molar-refractivity contribution in [3.63, 3.8) is 0 Å². The van der Waals surface area contributed by atoms with Gasteiger partial charge < -0.3 is 10.6 Å². The number of nitrogens with one attached hydrogen (secondary N) is 2. The van der Waals surface area contributed by atoms with E-state index in [0.717, 1.165) is 0 Å². The predicted octanol–water partition coefficient (Wildman–Crippen LogP) is 4.18. The average molecular weight is 313 g/mol. The Morgan fingerprint density at radius 3 is 2.25 bits per heavy atom. The molecule has 0 spiro atoms. The lowest BCUT2D eigenvalue weighted by Gasteiger charge is -2.09. The number of para-hydroxylation sites is 1. The van der Waals surface area contributed by atoms with E-state index in [2.05, 4.69) is 10.6 Å². The van der Waals surface area contributed by atoms with Crippen LogP contribution in [0.4, 0.5) is 15.8 Å². The molecule has 0 fully saturated rings. The molecule has 0 heterocycles. The summed E-state index contributed by atoms with van der Waals surface area (Å²) in [6.45, 7) is 0.0210. The summed E-state index contributed by atoms with van der Waals surface area (Å²) < 4.78 is 13.2. The maximum absolute atomic E-state index is 13.2. The number of benzene rings is 2. The molecule has 6 heteroatoms. The first-order valence-electron chi connectivity index (χ1n) is 5.79. The van der Waals surface area contributed by atoms with Crippen LogP contribution >= 0.6 is 23.2 Å². The molecule has 3 nitrogen and oxygen atoms in total. The standard InChI is InChI=1S/C14H11Cl2FN2O/c15-11-6-10(7-12(16)14(11)17)18-8-13(20)19-9-4-2-1-3-5-9/h1-7,18H,8H2,(H,19,20). The maximum Gasteiger partial charge on any atom is 0.243 e. The second-order valence-corrected chi connectivity index (χ2v) is 4.84. The average Bonchev–Trinajstić information content (AvgIpc) is 2.43. The van der Waals surface area contributed by atoms with E-state index in [1.54, 1.807) is 12.1 Å². The summed E-state index contributed by atoms with van der Waals surface area (Å²) in [4.78, 5) is 11.7. The van der Waals surface area contributed by atoms with Crippen LogP contribution in [0.2, 0.25) is 10.0 Å². The topological polar surface area (TPSA) is 41.1 Å². The highest BCUT2D eigenvalue weighted by molar-refractivity contribution is 6.35. The summed E-state index contributed by atoms with van der Waals surface area (Å²) in [7, 11) is 0. The van der Waals surface area contributed by atoms with Gasteiger partial charge in [0, 0.05) is 11.4 Å². The maximum atomic E-state index is 13.2. The van der Waals surface area contributed by atoms with Gasteiger partial charge >= 0.3 is 0 Å². The molecule has 0 aromatic heterocycles. The van der Waals surface area contributed by atoms with Crippen LogP contribution in [0.5, 0.6) is 0 Å². The largest absolute Gasteiger partial charge is 0.376 e. The third-order valence-corrected chi connectivity index (χ3v) is 3.04. The van der Waals surface area contributed by atoms with Crippen molar-refractivity contribution in [1.29, 1.82) is 0 Å². The fraction of sp³-hybridized carbons (Fsp3) is 0.0714. The van der Waals surface area contributed by atoms with Crippen molar-refractivity contribution in [2.45, 2.75) is 0 Å². The van der Waals surface area contributed by atoms with Crippen molar-refractivity contribution < 1.29 is 9.18 Å². The Hall–Kier alpha value is -1.78. The molecule has 0 aliphatic carbocycles. The van der Waals surface area contributed by atoms with E-state index in [4.69, 9.17) is 23.2 Å². The van der Waals surface area contributed by atoms with E-state index in [0.29, 0.717) is 11.4 Å². The minimum Gasteiger partial charge on any atom is -0.376 e. The Kier molecular flexibility index (Phi) is 4.82. The lowest BCUT2D eigenvalue weighted by molar-refractivity contribution is -0.114. The zero-order valence-corrected chi connectivity index (χ0v) is 11.8. The third-order valence-electron chi connectivity index (χ3n) is 2.49. The van der Waals surface area contributed by atoms with E-state index < -0.39 is 5.82 Å². The summed E-state index contributed by atoms with van der Waals surface area (Å²) in [5, 5.41) is 5.35. The summed E-state index contributed by atoms with van der Waals surface area (Å²) in [5.74, 6) is -0.902. The van der Waals surface area contributed by atoms with Gasteiger partial charge in [-0.1, -0.05) is 41.4 Å². The van der Waals surface area contributed by atoms with Gasteiger partial charge in [0.2, 0.25) is 5.91 Å². The van der Waals surface area contributed by atoms with Crippen LogP contribution in [0.15, 0.2) is 42.5 Å². The Balaban J connectivity index is 1.94. The predicted molar refractivity (Wildman–Crippen MR) is 80.0 cm³/mol. The molecular weight excluding hydrogens is 302 g/mol. The van der Waals surface area contributed by atoms with Gasteiger partial charge in [-0.05, 0) is 24.3 Å². The first kappa shape index (κ1) is 14.6. The summed E-state index contributed by atoms with van der Waals surface area (Å²) in [5.41, 5.74) is 1.18. The molecule has 2 rings (SSSR count). The number of halogens is 3. The molecule has 104 valence electrons. The second kappa shape index (κ2) is 6.59. The van der Waals surface area contributed by atoms with E-state index in [1.165, 1.54) is 12.1 Å². The molecule has 0 bridgehead atoms. The third kappa shape index (κ3) is 3.85. The SMILES string of the molecule is O=C(CNc1cc(Cl)c(F)c(Cl)c1)Nc1ccccc1. The lowest BCUT2D eigenvalue weighted by Crippen LogP contribution is -2.21. The molecular formula is C14H11Cl2FN2O. The molecule has 1 amide bonds. The van der Waals surface area contributed by atoms with Gasteiger partial charge in [0.25, 0.3) is 0 Å². The fourth-order valence-corrected chi connectivity index (χ4v) is 2.05. The number of anilines is 2. The van der Waals surface area contributed by atoms with Gasteiger partial charge in [0.1, 0.15) is 0 Å². The van der Waals surface area contributed by atoms with Crippen molar-refractivity contribution in [1.82, 2.24) is 0 Å². The second-order valence-electron chi connectivity index (χ2n) is 4.02. The Morgan fingerprint density at radius 2 is 1.65 bits per heavy atom. The molecule has 0 aliphatic rings. The van der Waals surface area contributed by atoms with Gasteiger partial charge in [-0.2, -0.15) is 0 Å². The van der Waals surface area contributed by atoms with E-state index in [1.807, 2.05) is 18.2 Å². The van der Waals surface area contributed by atoms with Crippen molar-refractivity contribution in [3.05, 3.63) is 58.3 Å². The van der Waals surface area contributed by atoms with E-state index in [9.17, 15) is 9.18 Å². The zero-order valence-electron chi connectivity index (χ0n) is 10.3. The molecule has 0 radical (unpaired) electrons. The van der Waals surface area contributed by atoms with Crippen LogP contribution in [-0.2, 0) is 4.79 Å². The van der Waals surface area contributed by atoms with Crippen LogP contribution in [-0.4, -0.2) is 12.5 Å². The Bertz CT molecular complexity index is 597. The molecule has 0 aliphatic heterocycles. The number of hydrogen-bond donors (Lipinski definition) is 2. The number of amides is 1. The molecule has 0 unspecified atom stereocenters. The van der Waals surface area contributed by atoms with Crippen molar-refractivity contribution in [3.8, 4) is 0 Å². The highest BCUT2D eigenvalue weighted by Gasteiger charge is 2.08. The smallest absolute Gasteiger partial charge is 0.243 e. The highest BCUT2D eigenvalue weighted by atomic mass is 35.5. The molecule has 0 saturated carbocycles. The van der Waals surface area contributed by atoms with Crippen molar-refractivity contribution >= 4 is 40.5 Å². The van der Waals surface area contributed by atoms with Crippen LogP contribution < -0.4 is 10.6 Å². The van der Waals surface area contributed by atoms with Gasteiger partial charge in [-0.25, -0.2) is 4.39 Å². The molecule has 2 aromatic rings. The van der Waals surface area contributed by atoms with Crippen LogP contribution in [0.3, 0.4) is 0 Å². The summed E-state index contributed by atoms with van der Waals surface area (Å²) >= 11 is 11.3. The fourth-order valence-electron chi connectivity index (χ4n) is 1.57. The normalized spacial score (nSPS) is 10.2. The Morgan fingerprint density at radius 1 is 1.05 bits per heavy atom. The Labute approximate surface area is 125 Å². The molecule has 20 heavy (non-hydrogen) atoms. The van der Waals surface area contributed by atoms with E-state index >= 15 is 0 Å². The minimum atomic E-state index is -0.673. The van der Waals surface area contributed by atoms with Crippen molar-refractivity contribution in [2.24, 2.45) is 0 Å². The minimum absolute atomic E-state index is 0.0210. The highest BCUT2D eigenvalue weighted by Crippen LogP contribution is 2.27. The molecule has 0 atom stereocenters. The van der Waals surface area contributed by atoms with Gasteiger partial charge in [0.15, 0.2) is 5.82 Å². The summed E-state index contributed by atoms with van der Waals surface area (Å²) in [6, 6.07) is 11.8. The summed E-state index contributed by atoms with van der Waals surface area (Å²) in [6.07, 6.45) is 0. The molecule has 2 aromatic carbocycles.